The van der Waals surface area contributed by atoms with E-state index in [1.165, 1.54) is 33.0 Å². The van der Waals surface area contributed by atoms with E-state index in [1.807, 2.05) is 36.4 Å². The highest BCUT2D eigenvalue weighted by Crippen LogP contribution is 2.51. The van der Waals surface area contributed by atoms with Crippen molar-refractivity contribution in [3.8, 4) is 56.2 Å². The van der Waals surface area contributed by atoms with E-state index < -0.39 is 0 Å². The van der Waals surface area contributed by atoms with Gasteiger partial charge in [-0.25, -0.2) is 4.98 Å². The molecule has 4 nitrogen and oxygen atoms in total. The van der Waals surface area contributed by atoms with Crippen LogP contribution in [0, 0.1) is 0 Å². The summed E-state index contributed by atoms with van der Waals surface area (Å²) in [6.45, 7) is 0. The maximum atomic E-state index is 4.99. The fraction of sp³-hybridized carbons (Fsp3) is 0. The van der Waals surface area contributed by atoms with Gasteiger partial charge in [0, 0.05) is 29.2 Å². The summed E-state index contributed by atoms with van der Waals surface area (Å²) in [4.78, 5) is 16.6. The molecule has 0 atom stereocenters. The summed E-state index contributed by atoms with van der Waals surface area (Å²) < 4.78 is 0. The number of pyridine rings is 3. The van der Waals surface area contributed by atoms with Gasteiger partial charge in [-0.2, -0.15) is 0 Å². The molecule has 1 aliphatic rings. The Morgan fingerprint density at radius 3 is 1.66 bits per heavy atom. The predicted molar refractivity (Wildman–Crippen MR) is 193 cm³/mol. The van der Waals surface area contributed by atoms with Crippen molar-refractivity contribution in [3.05, 3.63) is 170 Å². The molecular formula is C43H28N4. The fourth-order valence-corrected chi connectivity index (χ4v) is 6.81. The van der Waals surface area contributed by atoms with Gasteiger partial charge in [-0.3, -0.25) is 9.97 Å². The van der Waals surface area contributed by atoms with Gasteiger partial charge in [0.1, 0.15) is 0 Å². The zero-order valence-corrected chi connectivity index (χ0v) is 25.5. The van der Waals surface area contributed by atoms with E-state index >= 15 is 0 Å². The van der Waals surface area contributed by atoms with Crippen molar-refractivity contribution in [1.82, 2.24) is 15.0 Å². The summed E-state index contributed by atoms with van der Waals surface area (Å²) in [6, 6.07) is 55.4. The summed E-state index contributed by atoms with van der Waals surface area (Å²) in [5.74, 6) is 0. The molecule has 47 heavy (non-hydrogen) atoms. The van der Waals surface area contributed by atoms with Gasteiger partial charge >= 0.3 is 0 Å². The van der Waals surface area contributed by atoms with E-state index in [4.69, 9.17) is 4.98 Å². The van der Waals surface area contributed by atoms with Crippen LogP contribution < -0.4 is 4.90 Å². The maximum absolute atomic E-state index is 4.99. The molecule has 0 unspecified atom stereocenters. The number of para-hydroxylation sites is 1. The van der Waals surface area contributed by atoms with Crippen LogP contribution >= 0.6 is 0 Å². The normalized spacial score (nSPS) is 11.4. The van der Waals surface area contributed by atoms with E-state index in [0.29, 0.717) is 0 Å². The standard InChI is InChI=1S/C43H28N4/c1-2-13-31(14-3-1)47(42-23-22-36-34-17-5-4-16-33(34)35-18-11-19-37(42)43(35)36)32-15-10-12-29(26-32)30-27-40(38-20-6-8-24-44-38)46-41(28-30)39-21-7-9-25-45-39/h1-28H. The minimum absolute atomic E-state index is 0.807. The van der Waals surface area contributed by atoms with Gasteiger partial charge < -0.3 is 4.90 Å². The van der Waals surface area contributed by atoms with Gasteiger partial charge in [-0.15, -0.1) is 0 Å². The Bertz CT molecular complexity index is 2320. The summed E-state index contributed by atoms with van der Waals surface area (Å²) in [6.07, 6.45) is 3.61. The summed E-state index contributed by atoms with van der Waals surface area (Å²) in [5.41, 5.74) is 13.9. The van der Waals surface area contributed by atoms with Gasteiger partial charge in [0.05, 0.1) is 28.5 Å². The van der Waals surface area contributed by atoms with Gasteiger partial charge in [-0.1, -0.05) is 91.0 Å². The predicted octanol–water partition coefficient (Wildman–Crippen LogP) is 11.1. The number of hydrogen-bond donors (Lipinski definition) is 0. The van der Waals surface area contributed by atoms with Crippen molar-refractivity contribution in [1.29, 1.82) is 0 Å². The molecule has 0 saturated heterocycles. The van der Waals surface area contributed by atoms with Crippen LogP contribution in [-0.2, 0) is 0 Å². The van der Waals surface area contributed by atoms with Crippen molar-refractivity contribution in [3.63, 3.8) is 0 Å². The Morgan fingerprint density at radius 1 is 0.383 bits per heavy atom. The molecule has 0 aliphatic heterocycles. The van der Waals surface area contributed by atoms with Crippen LogP contribution in [0.1, 0.15) is 0 Å². The Balaban J connectivity index is 1.23. The summed E-state index contributed by atoms with van der Waals surface area (Å²) in [5, 5.41) is 2.53. The summed E-state index contributed by atoms with van der Waals surface area (Å²) >= 11 is 0. The molecule has 0 bridgehead atoms. The lowest BCUT2D eigenvalue weighted by Crippen LogP contribution is -2.10. The highest BCUT2D eigenvalue weighted by Gasteiger charge is 2.24. The second-order valence-electron chi connectivity index (χ2n) is 11.7. The van der Waals surface area contributed by atoms with Gasteiger partial charge in [0.25, 0.3) is 0 Å². The Morgan fingerprint density at radius 2 is 0.979 bits per heavy atom. The first-order chi connectivity index (χ1) is 23.3. The lowest BCUT2D eigenvalue weighted by atomic mass is 9.99. The molecule has 0 amide bonds. The molecule has 3 aromatic heterocycles. The lowest BCUT2D eigenvalue weighted by molar-refractivity contribution is 1.22. The minimum atomic E-state index is 0.807. The number of anilines is 3. The molecule has 220 valence electrons. The monoisotopic (exact) mass is 600 g/mol. The third-order valence-corrected chi connectivity index (χ3v) is 8.90. The number of fused-ring (bicyclic) bond motifs is 3. The largest absolute Gasteiger partial charge is 0.310 e. The van der Waals surface area contributed by atoms with Crippen LogP contribution in [0.15, 0.2) is 170 Å². The van der Waals surface area contributed by atoms with Crippen LogP contribution in [-0.4, -0.2) is 15.0 Å². The van der Waals surface area contributed by atoms with Crippen molar-refractivity contribution < 1.29 is 0 Å². The van der Waals surface area contributed by atoms with Gasteiger partial charge in [-0.05, 0) is 105 Å². The van der Waals surface area contributed by atoms with Crippen molar-refractivity contribution in [2.45, 2.75) is 0 Å². The first kappa shape index (κ1) is 27.0. The second kappa shape index (κ2) is 11.2. The fourth-order valence-electron chi connectivity index (χ4n) is 6.81. The highest BCUT2D eigenvalue weighted by molar-refractivity contribution is 6.19. The number of benzene rings is 5. The Kier molecular flexibility index (Phi) is 6.43. The van der Waals surface area contributed by atoms with E-state index in [-0.39, 0.29) is 0 Å². The lowest BCUT2D eigenvalue weighted by Gasteiger charge is -2.27. The molecule has 8 aromatic rings. The topological polar surface area (TPSA) is 41.9 Å². The number of nitrogens with zero attached hydrogens (tertiary/aromatic N) is 4. The molecule has 5 aromatic carbocycles. The van der Waals surface area contributed by atoms with E-state index in [9.17, 15) is 0 Å². The smallest absolute Gasteiger partial charge is 0.0900 e. The second-order valence-corrected chi connectivity index (χ2v) is 11.7. The molecule has 0 spiro atoms. The average molecular weight is 601 g/mol. The van der Waals surface area contributed by atoms with Crippen molar-refractivity contribution >= 4 is 27.8 Å². The van der Waals surface area contributed by atoms with Crippen LogP contribution in [0.3, 0.4) is 0 Å². The molecule has 0 N–H and O–H groups in total. The maximum Gasteiger partial charge on any atom is 0.0900 e. The SMILES string of the molecule is c1ccc(N(c2cccc(-c3cc(-c4ccccn4)nc(-c4ccccn4)c3)c2)c2ccc3c4c(cccc24)-c2ccccc2-3)cc1. The van der Waals surface area contributed by atoms with E-state index in [1.54, 1.807) is 12.4 Å². The van der Waals surface area contributed by atoms with Crippen molar-refractivity contribution in [2.24, 2.45) is 0 Å². The van der Waals surface area contributed by atoms with Crippen LogP contribution in [0.4, 0.5) is 17.1 Å². The van der Waals surface area contributed by atoms with Crippen LogP contribution in [0.2, 0.25) is 0 Å². The molecule has 0 fully saturated rings. The number of aromatic nitrogens is 3. The minimum Gasteiger partial charge on any atom is -0.310 e. The summed E-state index contributed by atoms with van der Waals surface area (Å²) in [7, 11) is 0. The zero-order valence-electron chi connectivity index (χ0n) is 25.5. The Hall–Kier alpha value is -6.39. The first-order valence-corrected chi connectivity index (χ1v) is 15.8. The molecule has 4 heteroatoms. The van der Waals surface area contributed by atoms with Crippen molar-refractivity contribution in [2.75, 3.05) is 4.90 Å². The molecule has 3 heterocycles. The third kappa shape index (κ3) is 4.66. The van der Waals surface area contributed by atoms with Gasteiger partial charge in [0.2, 0.25) is 0 Å². The third-order valence-electron chi connectivity index (χ3n) is 8.90. The first-order valence-electron chi connectivity index (χ1n) is 15.8. The molecule has 9 rings (SSSR count). The number of hydrogen-bond acceptors (Lipinski definition) is 4. The Labute approximate surface area is 273 Å². The van der Waals surface area contributed by atoms with Gasteiger partial charge in [0.15, 0.2) is 0 Å². The van der Waals surface area contributed by atoms with Crippen LogP contribution in [0.25, 0.3) is 66.9 Å². The molecule has 0 saturated carbocycles. The van der Waals surface area contributed by atoms with E-state index in [2.05, 4.69) is 136 Å². The quantitative estimate of drug-likeness (QED) is 0.190. The zero-order chi connectivity index (χ0) is 31.2. The van der Waals surface area contributed by atoms with Crippen LogP contribution in [0.5, 0.6) is 0 Å². The highest BCUT2D eigenvalue weighted by atomic mass is 15.1. The number of rotatable bonds is 6. The molecule has 0 radical (unpaired) electrons. The molecular weight excluding hydrogens is 573 g/mol. The van der Waals surface area contributed by atoms with E-state index in [0.717, 1.165) is 51.0 Å². The average Bonchev–Trinajstić information content (AvgIpc) is 3.48. The molecule has 1 aliphatic carbocycles.